The molecule has 62 valence electrons. The Kier molecular flexibility index (Phi) is 2.59. The van der Waals surface area contributed by atoms with Gasteiger partial charge in [-0.15, -0.1) is 11.3 Å². The first-order valence-corrected chi connectivity index (χ1v) is 4.37. The number of rotatable bonds is 2. The monoisotopic (exact) mass is 171 g/mol. The lowest BCUT2D eigenvalue weighted by Gasteiger charge is -2.06. The van der Waals surface area contributed by atoms with Crippen molar-refractivity contribution >= 4 is 11.3 Å². The van der Waals surface area contributed by atoms with E-state index in [0.717, 1.165) is 10.7 Å². The summed E-state index contributed by atoms with van der Waals surface area (Å²) >= 11 is 1.69. The van der Waals surface area contributed by atoms with E-state index in [0.29, 0.717) is 0 Å². The first-order chi connectivity index (χ1) is 5.15. The van der Waals surface area contributed by atoms with E-state index in [4.69, 9.17) is 5.84 Å². The molecule has 0 aliphatic carbocycles. The highest BCUT2D eigenvalue weighted by Crippen LogP contribution is 2.23. The molecule has 0 spiro atoms. The number of thiazole rings is 1. The highest BCUT2D eigenvalue weighted by Gasteiger charge is 2.10. The maximum absolute atomic E-state index is 5.31. The van der Waals surface area contributed by atoms with Gasteiger partial charge in [-0.2, -0.15) is 0 Å². The molecule has 0 unspecified atom stereocenters. The molecule has 0 fully saturated rings. The molecule has 0 saturated carbocycles. The van der Waals surface area contributed by atoms with E-state index in [9.17, 15) is 0 Å². The topological polar surface area (TPSA) is 50.9 Å². The maximum Gasteiger partial charge on any atom is 0.0900 e. The molecule has 0 saturated heterocycles. The number of hydrogen-bond acceptors (Lipinski definition) is 4. The maximum atomic E-state index is 5.31. The van der Waals surface area contributed by atoms with Gasteiger partial charge in [-0.1, -0.05) is 0 Å². The summed E-state index contributed by atoms with van der Waals surface area (Å²) in [6.07, 6.45) is 0. The Morgan fingerprint density at radius 2 is 2.18 bits per heavy atom. The van der Waals surface area contributed by atoms with Crippen molar-refractivity contribution < 1.29 is 0 Å². The van der Waals surface area contributed by atoms with Gasteiger partial charge in [-0.3, -0.25) is 11.3 Å². The standard InChI is InChI=1S/C7H13N3S/c1-4-7(5(2)10-8)11-6(3)9-4/h5,10H,8H2,1-3H3/t5-/m1/s1. The van der Waals surface area contributed by atoms with Crippen LogP contribution in [0.15, 0.2) is 0 Å². The van der Waals surface area contributed by atoms with Crippen molar-refractivity contribution in [3.63, 3.8) is 0 Å². The molecule has 1 atom stereocenters. The van der Waals surface area contributed by atoms with Crippen LogP contribution in [0.25, 0.3) is 0 Å². The van der Waals surface area contributed by atoms with Crippen LogP contribution in [-0.4, -0.2) is 4.98 Å². The third-order valence-electron chi connectivity index (χ3n) is 1.58. The normalized spacial score (nSPS) is 13.5. The number of aryl methyl sites for hydroxylation is 2. The third kappa shape index (κ3) is 1.77. The van der Waals surface area contributed by atoms with Crippen LogP contribution in [0.2, 0.25) is 0 Å². The molecule has 0 amide bonds. The van der Waals surface area contributed by atoms with Crippen LogP contribution in [0.5, 0.6) is 0 Å². The van der Waals surface area contributed by atoms with E-state index in [2.05, 4.69) is 10.4 Å². The van der Waals surface area contributed by atoms with E-state index >= 15 is 0 Å². The molecule has 1 aromatic heterocycles. The largest absolute Gasteiger partial charge is 0.271 e. The molecule has 3 nitrogen and oxygen atoms in total. The van der Waals surface area contributed by atoms with Crippen molar-refractivity contribution in [2.45, 2.75) is 26.8 Å². The average Bonchev–Trinajstić information content (AvgIpc) is 2.28. The summed E-state index contributed by atoms with van der Waals surface area (Å²) in [6, 6.07) is 0.209. The van der Waals surface area contributed by atoms with Crippen molar-refractivity contribution in [2.24, 2.45) is 5.84 Å². The zero-order valence-corrected chi connectivity index (χ0v) is 7.83. The lowest BCUT2D eigenvalue weighted by Crippen LogP contribution is -2.25. The molecule has 0 aromatic carbocycles. The van der Waals surface area contributed by atoms with Crippen molar-refractivity contribution in [1.29, 1.82) is 0 Å². The Morgan fingerprint density at radius 1 is 1.55 bits per heavy atom. The van der Waals surface area contributed by atoms with E-state index in [1.807, 2.05) is 20.8 Å². The Labute approximate surface area is 70.6 Å². The first kappa shape index (κ1) is 8.64. The lowest BCUT2D eigenvalue weighted by atomic mass is 10.2. The molecule has 1 rings (SSSR count). The molecular weight excluding hydrogens is 158 g/mol. The van der Waals surface area contributed by atoms with E-state index in [-0.39, 0.29) is 6.04 Å². The van der Waals surface area contributed by atoms with Crippen molar-refractivity contribution in [3.8, 4) is 0 Å². The van der Waals surface area contributed by atoms with Crippen molar-refractivity contribution in [1.82, 2.24) is 10.4 Å². The third-order valence-corrected chi connectivity index (χ3v) is 2.84. The Morgan fingerprint density at radius 3 is 2.55 bits per heavy atom. The van der Waals surface area contributed by atoms with Crippen LogP contribution in [0.3, 0.4) is 0 Å². The van der Waals surface area contributed by atoms with Gasteiger partial charge in [-0.25, -0.2) is 4.98 Å². The molecule has 1 heterocycles. The highest BCUT2D eigenvalue weighted by molar-refractivity contribution is 7.11. The molecule has 0 aliphatic rings. The fraction of sp³-hybridized carbons (Fsp3) is 0.571. The minimum absolute atomic E-state index is 0.209. The second-order valence-electron chi connectivity index (χ2n) is 2.57. The van der Waals surface area contributed by atoms with E-state index < -0.39 is 0 Å². The minimum atomic E-state index is 0.209. The second-order valence-corrected chi connectivity index (χ2v) is 3.81. The van der Waals surface area contributed by atoms with Crippen LogP contribution in [0, 0.1) is 13.8 Å². The summed E-state index contributed by atoms with van der Waals surface area (Å²) in [5.41, 5.74) is 3.79. The number of nitrogens with one attached hydrogen (secondary N) is 1. The van der Waals surface area contributed by atoms with Gasteiger partial charge in [0.1, 0.15) is 0 Å². The SMILES string of the molecule is Cc1nc(C)c([C@@H](C)NN)s1. The zero-order valence-electron chi connectivity index (χ0n) is 7.01. The molecule has 1 aromatic rings. The molecule has 0 aliphatic heterocycles. The van der Waals surface area contributed by atoms with Crippen molar-refractivity contribution in [3.05, 3.63) is 15.6 Å². The molecule has 0 bridgehead atoms. The van der Waals surface area contributed by atoms with Gasteiger partial charge in [0.25, 0.3) is 0 Å². The fourth-order valence-corrected chi connectivity index (χ4v) is 1.96. The van der Waals surface area contributed by atoms with Gasteiger partial charge in [0.05, 0.1) is 16.7 Å². The van der Waals surface area contributed by atoms with Gasteiger partial charge in [-0.05, 0) is 20.8 Å². The van der Waals surface area contributed by atoms with E-state index in [1.54, 1.807) is 11.3 Å². The van der Waals surface area contributed by atoms with Crippen LogP contribution >= 0.6 is 11.3 Å². The summed E-state index contributed by atoms with van der Waals surface area (Å²) in [5.74, 6) is 5.31. The molecule has 11 heavy (non-hydrogen) atoms. The average molecular weight is 171 g/mol. The molecule has 0 radical (unpaired) electrons. The highest BCUT2D eigenvalue weighted by atomic mass is 32.1. The van der Waals surface area contributed by atoms with Gasteiger partial charge >= 0.3 is 0 Å². The van der Waals surface area contributed by atoms with E-state index in [1.165, 1.54) is 4.88 Å². The molecular formula is C7H13N3S. The quantitative estimate of drug-likeness (QED) is 0.520. The first-order valence-electron chi connectivity index (χ1n) is 3.55. The Bertz CT molecular complexity index is 244. The number of nitrogens with zero attached hydrogens (tertiary/aromatic N) is 1. The predicted molar refractivity (Wildman–Crippen MR) is 47.3 cm³/mol. The summed E-state index contributed by atoms with van der Waals surface area (Å²) in [6.45, 7) is 6.04. The smallest absolute Gasteiger partial charge is 0.0900 e. The van der Waals surface area contributed by atoms with Gasteiger partial charge in [0, 0.05) is 4.88 Å². The van der Waals surface area contributed by atoms with Crippen LogP contribution in [0.4, 0.5) is 0 Å². The number of nitrogens with two attached hydrogens (primary N) is 1. The minimum Gasteiger partial charge on any atom is -0.271 e. The van der Waals surface area contributed by atoms with Crippen LogP contribution in [-0.2, 0) is 0 Å². The lowest BCUT2D eigenvalue weighted by molar-refractivity contribution is 0.608. The number of hydrazine groups is 1. The summed E-state index contributed by atoms with van der Waals surface area (Å²) in [5, 5.41) is 1.10. The summed E-state index contributed by atoms with van der Waals surface area (Å²) < 4.78 is 0. The Balaban J connectivity index is 2.93. The second kappa shape index (κ2) is 3.30. The van der Waals surface area contributed by atoms with Gasteiger partial charge in [0.2, 0.25) is 0 Å². The van der Waals surface area contributed by atoms with Gasteiger partial charge in [0.15, 0.2) is 0 Å². The molecule has 4 heteroatoms. The fourth-order valence-electron chi connectivity index (χ4n) is 1.02. The van der Waals surface area contributed by atoms with Crippen LogP contribution in [0.1, 0.15) is 28.5 Å². The summed E-state index contributed by atoms with van der Waals surface area (Å²) in [4.78, 5) is 5.53. The number of aromatic nitrogens is 1. The zero-order chi connectivity index (χ0) is 8.43. The Hall–Kier alpha value is -0.450. The molecule has 3 N–H and O–H groups in total. The summed E-state index contributed by atoms with van der Waals surface area (Å²) in [7, 11) is 0. The van der Waals surface area contributed by atoms with Crippen LogP contribution < -0.4 is 11.3 Å². The van der Waals surface area contributed by atoms with Gasteiger partial charge < -0.3 is 0 Å². The van der Waals surface area contributed by atoms with Crippen molar-refractivity contribution in [2.75, 3.05) is 0 Å². The number of hydrogen-bond donors (Lipinski definition) is 2. The predicted octanol–water partition coefficient (Wildman–Crippen LogP) is 1.28.